The number of rotatable bonds is 1. The average molecular weight is 308 g/mol. The summed E-state index contributed by atoms with van der Waals surface area (Å²) in [5.74, 6) is 1.44. The van der Waals surface area contributed by atoms with Crippen LogP contribution in [0.5, 0.6) is 0 Å². The fraction of sp³-hybridized carbons (Fsp3) is 0.500. The summed E-state index contributed by atoms with van der Waals surface area (Å²) in [7, 11) is 0. The zero-order chi connectivity index (χ0) is 12.7. The summed E-state index contributed by atoms with van der Waals surface area (Å²) in [5, 5.41) is 0. The number of nitrogen functional groups attached to an aromatic ring is 1. The van der Waals surface area contributed by atoms with Crippen LogP contribution in [0.1, 0.15) is 38.6 Å². The lowest BCUT2D eigenvalue weighted by Crippen LogP contribution is -2.19. The van der Waals surface area contributed by atoms with Crippen molar-refractivity contribution in [3.8, 4) is 0 Å². The molecule has 1 aromatic heterocycles. The van der Waals surface area contributed by atoms with Crippen molar-refractivity contribution in [1.29, 1.82) is 0 Å². The van der Waals surface area contributed by atoms with Crippen LogP contribution in [0, 0.1) is 5.92 Å². The van der Waals surface area contributed by atoms with Gasteiger partial charge < -0.3 is 10.3 Å². The molecule has 0 spiro atoms. The fourth-order valence-corrected chi connectivity index (χ4v) is 3.46. The van der Waals surface area contributed by atoms with Crippen LogP contribution in [-0.4, -0.2) is 9.55 Å². The standard InChI is InChI=1S/C14H18BrN3/c1-9-3-2-4-11(7-9)18-13-6-5-10(15)8-12(13)17-14(18)16/h5-6,8-9,11H,2-4,7H2,1H3,(H2,16,17). The van der Waals surface area contributed by atoms with Gasteiger partial charge in [-0.15, -0.1) is 0 Å². The molecule has 1 heterocycles. The fourth-order valence-electron chi connectivity index (χ4n) is 3.11. The minimum atomic E-state index is 0.514. The minimum absolute atomic E-state index is 0.514. The van der Waals surface area contributed by atoms with Crippen molar-refractivity contribution in [3.63, 3.8) is 0 Å². The number of benzene rings is 1. The lowest BCUT2D eigenvalue weighted by molar-refractivity contribution is 0.289. The van der Waals surface area contributed by atoms with Crippen LogP contribution in [0.4, 0.5) is 5.95 Å². The van der Waals surface area contributed by atoms with Crippen LogP contribution in [0.15, 0.2) is 22.7 Å². The summed E-state index contributed by atoms with van der Waals surface area (Å²) < 4.78 is 3.29. The molecular weight excluding hydrogens is 290 g/mol. The number of nitrogens with two attached hydrogens (primary N) is 1. The Morgan fingerprint density at radius 3 is 3.00 bits per heavy atom. The van der Waals surface area contributed by atoms with Gasteiger partial charge in [-0.2, -0.15) is 0 Å². The van der Waals surface area contributed by atoms with Crippen LogP contribution in [0.3, 0.4) is 0 Å². The largest absolute Gasteiger partial charge is 0.369 e. The van der Waals surface area contributed by atoms with E-state index in [9.17, 15) is 0 Å². The molecule has 96 valence electrons. The Morgan fingerprint density at radius 2 is 2.22 bits per heavy atom. The predicted molar refractivity (Wildman–Crippen MR) is 78.5 cm³/mol. The second-order valence-corrected chi connectivity index (χ2v) is 6.31. The Kier molecular flexibility index (Phi) is 3.06. The maximum absolute atomic E-state index is 6.12. The average Bonchev–Trinajstić information content (AvgIpc) is 2.64. The molecule has 0 saturated heterocycles. The van der Waals surface area contributed by atoms with Gasteiger partial charge in [-0.3, -0.25) is 0 Å². The molecule has 0 radical (unpaired) electrons. The maximum Gasteiger partial charge on any atom is 0.201 e. The topological polar surface area (TPSA) is 43.8 Å². The number of hydrogen-bond acceptors (Lipinski definition) is 2. The molecule has 2 aromatic rings. The molecule has 1 saturated carbocycles. The first-order valence-electron chi connectivity index (χ1n) is 6.58. The number of aromatic nitrogens is 2. The van der Waals surface area contributed by atoms with Gasteiger partial charge in [0.25, 0.3) is 0 Å². The van der Waals surface area contributed by atoms with E-state index < -0.39 is 0 Å². The highest BCUT2D eigenvalue weighted by Crippen LogP contribution is 2.36. The Labute approximate surface area is 116 Å². The van der Waals surface area contributed by atoms with Crippen molar-refractivity contribution in [3.05, 3.63) is 22.7 Å². The quantitative estimate of drug-likeness (QED) is 0.860. The second kappa shape index (κ2) is 4.57. The van der Waals surface area contributed by atoms with Gasteiger partial charge in [-0.1, -0.05) is 35.7 Å². The van der Waals surface area contributed by atoms with Crippen LogP contribution < -0.4 is 5.73 Å². The van der Waals surface area contributed by atoms with Crippen molar-refractivity contribution in [2.24, 2.45) is 5.92 Å². The Hall–Kier alpha value is -1.03. The molecule has 2 atom stereocenters. The zero-order valence-corrected chi connectivity index (χ0v) is 12.2. The lowest BCUT2D eigenvalue weighted by atomic mass is 9.87. The van der Waals surface area contributed by atoms with Gasteiger partial charge in [0, 0.05) is 10.5 Å². The third-order valence-electron chi connectivity index (χ3n) is 3.95. The van der Waals surface area contributed by atoms with E-state index >= 15 is 0 Å². The van der Waals surface area contributed by atoms with Crippen molar-refractivity contribution in [2.45, 2.75) is 38.6 Å². The molecule has 3 rings (SSSR count). The highest BCUT2D eigenvalue weighted by atomic mass is 79.9. The molecule has 0 amide bonds. The second-order valence-electron chi connectivity index (χ2n) is 5.40. The molecule has 1 aliphatic carbocycles. The van der Waals surface area contributed by atoms with Crippen molar-refractivity contribution in [1.82, 2.24) is 9.55 Å². The summed E-state index contributed by atoms with van der Waals surface area (Å²) in [4.78, 5) is 4.48. The summed E-state index contributed by atoms with van der Waals surface area (Å²) >= 11 is 3.48. The lowest BCUT2D eigenvalue weighted by Gasteiger charge is -2.28. The molecule has 1 fully saturated rings. The molecule has 0 aliphatic heterocycles. The Balaban J connectivity index is 2.07. The summed E-state index contributed by atoms with van der Waals surface area (Å²) in [5.41, 5.74) is 8.26. The highest BCUT2D eigenvalue weighted by Gasteiger charge is 2.23. The van der Waals surface area contributed by atoms with Crippen LogP contribution in [0.25, 0.3) is 11.0 Å². The molecule has 1 aliphatic rings. The molecule has 2 N–H and O–H groups in total. The summed E-state index contributed by atoms with van der Waals surface area (Å²) in [6.45, 7) is 2.33. The molecular formula is C14H18BrN3. The molecule has 1 aromatic carbocycles. The van der Waals surface area contributed by atoms with Crippen LogP contribution in [-0.2, 0) is 0 Å². The number of fused-ring (bicyclic) bond motifs is 1. The molecule has 18 heavy (non-hydrogen) atoms. The number of hydrogen-bond donors (Lipinski definition) is 1. The van der Waals surface area contributed by atoms with Gasteiger partial charge in [0.1, 0.15) is 0 Å². The smallest absolute Gasteiger partial charge is 0.201 e. The van der Waals surface area contributed by atoms with Crippen molar-refractivity contribution < 1.29 is 0 Å². The third kappa shape index (κ3) is 2.03. The van der Waals surface area contributed by atoms with Crippen LogP contribution >= 0.6 is 15.9 Å². The summed E-state index contributed by atoms with van der Waals surface area (Å²) in [6.07, 6.45) is 5.07. The van der Waals surface area contributed by atoms with Gasteiger partial charge in [-0.05, 0) is 37.0 Å². The molecule has 4 heteroatoms. The van der Waals surface area contributed by atoms with Gasteiger partial charge in [0.05, 0.1) is 11.0 Å². The number of halogens is 1. The van der Waals surface area contributed by atoms with E-state index in [0.717, 1.165) is 21.4 Å². The van der Waals surface area contributed by atoms with E-state index in [1.807, 2.05) is 6.07 Å². The van der Waals surface area contributed by atoms with E-state index in [-0.39, 0.29) is 0 Å². The Bertz CT molecular complexity index is 576. The first-order valence-corrected chi connectivity index (χ1v) is 7.37. The number of nitrogens with zero attached hydrogens (tertiary/aromatic N) is 2. The van der Waals surface area contributed by atoms with Crippen molar-refractivity contribution >= 4 is 32.9 Å². The van der Waals surface area contributed by atoms with Gasteiger partial charge in [-0.25, -0.2) is 4.98 Å². The van der Waals surface area contributed by atoms with Gasteiger partial charge in [0.15, 0.2) is 0 Å². The van der Waals surface area contributed by atoms with E-state index in [2.05, 4.69) is 44.5 Å². The minimum Gasteiger partial charge on any atom is -0.369 e. The number of imidazole rings is 1. The molecule has 3 nitrogen and oxygen atoms in total. The summed E-state index contributed by atoms with van der Waals surface area (Å²) in [6, 6.07) is 6.72. The van der Waals surface area contributed by atoms with E-state index in [4.69, 9.17) is 5.73 Å². The first-order chi connectivity index (χ1) is 8.65. The van der Waals surface area contributed by atoms with E-state index in [1.54, 1.807) is 0 Å². The number of anilines is 1. The normalized spacial score (nSPS) is 24.6. The zero-order valence-electron chi connectivity index (χ0n) is 10.6. The van der Waals surface area contributed by atoms with Gasteiger partial charge >= 0.3 is 0 Å². The third-order valence-corrected chi connectivity index (χ3v) is 4.45. The molecule has 0 bridgehead atoms. The monoisotopic (exact) mass is 307 g/mol. The van der Waals surface area contributed by atoms with Crippen LogP contribution in [0.2, 0.25) is 0 Å². The van der Waals surface area contributed by atoms with Crippen molar-refractivity contribution in [2.75, 3.05) is 5.73 Å². The van der Waals surface area contributed by atoms with E-state index in [1.165, 1.54) is 25.7 Å². The van der Waals surface area contributed by atoms with Gasteiger partial charge in [0.2, 0.25) is 5.95 Å². The molecule has 2 unspecified atom stereocenters. The first kappa shape index (κ1) is 12.0. The predicted octanol–water partition coefficient (Wildman–Crippen LogP) is 4.13. The highest BCUT2D eigenvalue weighted by molar-refractivity contribution is 9.10. The van der Waals surface area contributed by atoms with E-state index in [0.29, 0.717) is 12.0 Å². The Morgan fingerprint density at radius 1 is 1.39 bits per heavy atom. The SMILES string of the molecule is CC1CCCC(n2c(N)nc3cc(Br)ccc32)C1. The maximum atomic E-state index is 6.12.